The van der Waals surface area contributed by atoms with Crippen LogP contribution in [0.2, 0.25) is 0 Å². The monoisotopic (exact) mass is 374 g/mol. The largest absolute Gasteiger partial charge is 0.477 e. The van der Waals surface area contributed by atoms with Crippen LogP contribution in [-0.4, -0.2) is 24.5 Å². The number of carboxylic acids is 1. The van der Waals surface area contributed by atoms with Crippen molar-refractivity contribution >= 4 is 27.3 Å². The summed E-state index contributed by atoms with van der Waals surface area (Å²) in [4.78, 5) is 16.8. The molecule has 0 unspecified atom stereocenters. The van der Waals surface area contributed by atoms with E-state index in [0.29, 0.717) is 11.1 Å². The van der Waals surface area contributed by atoms with Crippen LogP contribution in [0, 0.1) is 6.92 Å². The molecule has 2 aromatic heterocycles. The first kappa shape index (κ1) is 17.3. The molecule has 0 radical (unpaired) electrons. The van der Waals surface area contributed by atoms with E-state index in [0.717, 1.165) is 16.0 Å². The fourth-order valence-electron chi connectivity index (χ4n) is 2.60. The highest BCUT2D eigenvalue weighted by Crippen LogP contribution is 2.41. The highest BCUT2D eigenvalue weighted by atomic mass is 32.2. The molecule has 128 valence electrons. The number of rotatable bonds is 4. The maximum atomic E-state index is 11.7. The number of carboxylic acid groups (broad SMARTS) is 1. The van der Waals surface area contributed by atoms with Crippen molar-refractivity contribution in [1.29, 1.82) is 0 Å². The lowest BCUT2D eigenvalue weighted by molar-refractivity contribution is 0.0703. The minimum atomic E-state index is -3.80. The predicted octanol–water partition coefficient (Wildman–Crippen LogP) is 3.13. The topological polar surface area (TPSA) is 110 Å². The molecule has 0 bridgehead atoms. The summed E-state index contributed by atoms with van der Waals surface area (Å²) < 4.78 is 22.8. The van der Waals surface area contributed by atoms with E-state index in [9.17, 15) is 18.3 Å². The number of aromatic carboxylic acids is 1. The number of pyridine rings is 1. The fourth-order valence-corrected chi connectivity index (χ4v) is 4.27. The molecule has 2 heterocycles. The molecule has 0 fully saturated rings. The first-order valence-electron chi connectivity index (χ1n) is 7.19. The van der Waals surface area contributed by atoms with Crippen LogP contribution < -0.4 is 5.14 Å². The van der Waals surface area contributed by atoms with Crippen molar-refractivity contribution in [2.75, 3.05) is 0 Å². The molecule has 3 rings (SSSR count). The minimum Gasteiger partial charge on any atom is -0.477 e. The summed E-state index contributed by atoms with van der Waals surface area (Å²) in [5, 5.41) is 14.7. The Labute approximate surface area is 148 Å². The van der Waals surface area contributed by atoms with E-state index in [1.165, 1.54) is 23.5 Å². The van der Waals surface area contributed by atoms with E-state index in [2.05, 4.69) is 4.98 Å². The fraction of sp³-hybridized carbons (Fsp3) is 0.0588. The van der Waals surface area contributed by atoms with Crippen molar-refractivity contribution < 1.29 is 18.3 Å². The van der Waals surface area contributed by atoms with E-state index in [1.807, 2.05) is 13.0 Å². The molecule has 3 N–H and O–H groups in total. The van der Waals surface area contributed by atoms with Crippen LogP contribution in [0.3, 0.4) is 0 Å². The lowest BCUT2D eigenvalue weighted by atomic mass is 9.99. The van der Waals surface area contributed by atoms with Crippen molar-refractivity contribution in [2.24, 2.45) is 5.14 Å². The van der Waals surface area contributed by atoms with Crippen LogP contribution in [0.4, 0.5) is 0 Å². The van der Waals surface area contributed by atoms with Gasteiger partial charge in [0.15, 0.2) is 0 Å². The van der Waals surface area contributed by atoms with Gasteiger partial charge >= 0.3 is 5.97 Å². The van der Waals surface area contributed by atoms with Gasteiger partial charge < -0.3 is 5.11 Å². The number of nitrogens with zero attached hydrogens (tertiary/aromatic N) is 1. The second kappa shape index (κ2) is 6.40. The number of sulfonamides is 1. The molecule has 0 aliphatic carbocycles. The van der Waals surface area contributed by atoms with Crippen LogP contribution in [0.25, 0.3) is 21.6 Å². The third kappa shape index (κ3) is 3.32. The lowest BCUT2D eigenvalue weighted by Gasteiger charge is -2.05. The molecule has 0 spiro atoms. The van der Waals surface area contributed by atoms with Crippen LogP contribution in [0.15, 0.2) is 53.7 Å². The molecule has 6 nitrogen and oxygen atoms in total. The quantitative estimate of drug-likeness (QED) is 0.729. The molecule has 0 saturated carbocycles. The maximum absolute atomic E-state index is 11.7. The zero-order valence-electron chi connectivity index (χ0n) is 13.1. The van der Waals surface area contributed by atoms with E-state index in [4.69, 9.17) is 5.14 Å². The van der Waals surface area contributed by atoms with Gasteiger partial charge in [0.2, 0.25) is 10.0 Å². The molecule has 0 amide bonds. The van der Waals surface area contributed by atoms with Crippen molar-refractivity contribution in [3.05, 3.63) is 59.2 Å². The Morgan fingerprint density at radius 2 is 1.84 bits per heavy atom. The van der Waals surface area contributed by atoms with Crippen molar-refractivity contribution in [3.8, 4) is 21.6 Å². The second-order valence-corrected chi connectivity index (χ2v) is 7.96. The summed E-state index contributed by atoms with van der Waals surface area (Å²) in [6, 6.07) is 9.53. The standard InChI is InChI=1S/C17H14N2O4S2/c1-10-14(11-4-6-13(7-5-11)25(18,22)23)16(17(20)21)24-15(10)12-3-2-8-19-9-12/h2-9H,1H3,(H,20,21)(H2,18,22,23). The Morgan fingerprint density at radius 3 is 2.36 bits per heavy atom. The lowest BCUT2D eigenvalue weighted by Crippen LogP contribution is -2.11. The minimum absolute atomic E-state index is 0.0199. The smallest absolute Gasteiger partial charge is 0.346 e. The van der Waals surface area contributed by atoms with E-state index >= 15 is 0 Å². The second-order valence-electron chi connectivity index (χ2n) is 5.38. The predicted molar refractivity (Wildman–Crippen MR) is 96.1 cm³/mol. The van der Waals surface area contributed by atoms with Crippen LogP contribution in [-0.2, 0) is 10.0 Å². The Kier molecular flexibility index (Phi) is 4.42. The first-order valence-corrected chi connectivity index (χ1v) is 9.55. The van der Waals surface area contributed by atoms with Gasteiger partial charge in [-0.05, 0) is 36.2 Å². The number of hydrogen-bond donors (Lipinski definition) is 2. The van der Waals surface area contributed by atoms with Crippen LogP contribution in [0.5, 0.6) is 0 Å². The number of benzene rings is 1. The SMILES string of the molecule is Cc1c(-c2cccnc2)sc(C(=O)O)c1-c1ccc(S(N)(=O)=O)cc1. The summed E-state index contributed by atoms with van der Waals surface area (Å²) in [5.74, 6) is -1.03. The molecule has 1 aromatic carbocycles. The van der Waals surface area contributed by atoms with Gasteiger partial charge in [-0.15, -0.1) is 11.3 Å². The molecule has 0 saturated heterocycles. The Morgan fingerprint density at radius 1 is 1.16 bits per heavy atom. The number of nitrogens with two attached hydrogens (primary N) is 1. The average Bonchev–Trinajstić information content (AvgIpc) is 2.92. The zero-order chi connectivity index (χ0) is 18.2. The van der Waals surface area contributed by atoms with Crippen LogP contribution >= 0.6 is 11.3 Å². The van der Waals surface area contributed by atoms with Gasteiger partial charge in [-0.1, -0.05) is 18.2 Å². The Balaban J connectivity index is 2.19. The molecule has 8 heteroatoms. The molecular formula is C17H14N2O4S2. The van der Waals surface area contributed by atoms with Gasteiger partial charge in [-0.25, -0.2) is 18.4 Å². The summed E-state index contributed by atoms with van der Waals surface area (Å²) in [6.45, 7) is 1.84. The molecule has 25 heavy (non-hydrogen) atoms. The summed E-state index contributed by atoms with van der Waals surface area (Å²) in [7, 11) is -3.80. The molecule has 3 aromatic rings. The van der Waals surface area contributed by atoms with E-state index in [-0.39, 0.29) is 9.77 Å². The summed E-state index contributed by atoms with van der Waals surface area (Å²) in [6.07, 6.45) is 3.33. The first-order chi connectivity index (χ1) is 11.8. The van der Waals surface area contributed by atoms with Crippen molar-refractivity contribution in [1.82, 2.24) is 4.98 Å². The molecule has 0 atom stereocenters. The molecule has 0 aliphatic heterocycles. The number of primary sulfonamides is 1. The number of aromatic nitrogens is 1. The van der Waals surface area contributed by atoms with Gasteiger partial charge in [0.05, 0.1) is 4.90 Å². The number of carbonyl (C=O) groups is 1. The zero-order valence-corrected chi connectivity index (χ0v) is 14.8. The number of thiophene rings is 1. The molecule has 0 aliphatic rings. The van der Waals surface area contributed by atoms with Crippen LogP contribution in [0.1, 0.15) is 15.2 Å². The van der Waals surface area contributed by atoms with E-state index in [1.54, 1.807) is 30.6 Å². The van der Waals surface area contributed by atoms with Gasteiger partial charge in [-0.2, -0.15) is 0 Å². The van der Waals surface area contributed by atoms with Crippen molar-refractivity contribution in [3.63, 3.8) is 0 Å². The Hall–Kier alpha value is -2.55. The van der Waals surface area contributed by atoms with Gasteiger partial charge in [0.1, 0.15) is 4.88 Å². The summed E-state index contributed by atoms with van der Waals surface area (Å²) >= 11 is 1.17. The van der Waals surface area contributed by atoms with Crippen molar-refractivity contribution in [2.45, 2.75) is 11.8 Å². The van der Waals surface area contributed by atoms with Gasteiger partial charge in [0, 0.05) is 28.4 Å². The average molecular weight is 374 g/mol. The summed E-state index contributed by atoms with van der Waals surface area (Å²) in [5.41, 5.74) is 2.82. The maximum Gasteiger partial charge on any atom is 0.346 e. The Bertz CT molecular complexity index is 1040. The normalized spacial score (nSPS) is 11.4. The highest BCUT2D eigenvalue weighted by Gasteiger charge is 2.22. The third-order valence-electron chi connectivity index (χ3n) is 3.74. The van der Waals surface area contributed by atoms with Gasteiger partial charge in [-0.3, -0.25) is 4.98 Å². The highest BCUT2D eigenvalue weighted by molar-refractivity contribution is 7.89. The third-order valence-corrected chi connectivity index (χ3v) is 5.99. The molecular weight excluding hydrogens is 360 g/mol. The van der Waals surface area contributed by atoms with E-state index < -0.39 is 16.0 Å². The number of hydrogen-bond acceptors (Lipinski definition) is 5. The van der Waals surface area contributed by atoms with Gasteiger partial charge in [0.25, 0.3) is 0 Å².